The summed E-state index contributed by atoms with van der Waals surface area (Å²) in [5, 5.41) is 3.61. The van der Waals surface area contributed by atoms with Crippen LogP contribution in [0.5, 0.6) is 17.2 Å². The van der Waals surface area contributed by atoms with Gasteiger partial charge in [-0.15, -0.1) is 0 Å². The molecule has 0 unspecified atom stereocenters. The van der Waals surface area contributed by atoms with Gasteiger partial charge in [-0.05, 0) is 74.1 Å². The number of carbonyl (C=O) groups is 1. The number of nitrogens with one attached hydrogen (secondary N) is 1. The van der Waals surface area contributed by atoms with Gasteiger partial charge in [0.25, 0.3) is 5.91 Å². The zero-order valence-corrected chi connectivity index (χ0v) is 19.3. The minimum atomic E-state index is -0.159. The standard InChI is InChI=1S/C24H32ClNO4/c1-6-28-21-9-8-18(13-23(21)29-7-2)10-11-26-24(27)15-30-22-12-17(5)20(25)14-19(22)16(3)4/h8-9,12-14,16H,6-7,10-11,15H2,1-5H3,(H,26,27). The van der Waals surface area contributed by atoms with E-state index in [1.165, 1.54) is 0 Å². The summed E-state index contributed by atoms with van der Waals surface area (Å²) in [5.74, 6) is 2.26. The molecule has 6 heteroatoms. The van der Waals surface area contributed by atoms with Gasteiger partial charge < -0.3 is 19.5 Å². The van der Waals surface area contributed by atoms with E-state index in [2.05, 4.69) is 19.2 Å². The van der Waals surface area contributed by atoms with Crippen molar-refractivity contribution in [3.8, 4) is 17.2 Å². The second-order valence-corrected chi connectivity index (χ2v) is 7.74. The van der Waals surface area contributed by atoms with Crippen LogP contribution < -0.4 is 19.5 Å². The van der Waals surface area contributed by atoms with Gasteiger partial charge in [0.1, 0.15) is 5.75 Å². The van der Waals surface area contributed by atoms with Crippen molar-refractivity contribution in [3.63, 3.8) is 0 Å². The van der Waals surface area contributed by atoms with Gasteiger partial charge in [0, 0.05) is 11.6 Å². The third-order valence-corrected chi connectivity index (χ3v) is 5.02. The van der Waals surface area contributed by atoms with E-state index in [4.69, 9.17) is 25.8 Å². The Balaban J connectivity index is 1.89. The lowest BCUT2D eigenvalue weighted by Gasteiger charge is -2.16. The van der Waals surface area contributed by atoms with Crippen molar-refractivity contribution in [2.75, 3.05) is 26.4 Å². The zero-order chi connectivity index (χ0) is 22.1. The fourth-order valence-corrected chi connectivity index (χ4v) is 3.21. The second-order valence-electron chi connectivity index (χ2n) is 7.33. The maximum absolute atomic E-state index is 12.2. The molecule has 0 fully saturated rings. The van der Waals surface area contributed by atoms with Gasteiger partial charge in [0.05, 0.1) is 13.2 Å². The molecule has 2 aromatic carbocycles. The summed E-state index contributed by atoms with van der Waals surface area (Å²) < 4.78 is 17.0. The van der Waals surface area contributed by atoms with Crippen molar-refractivity contribution in [1.82, 2.24) is 5.32 Å². The zero-order valence-electron chi connectivity index (χ0n) is 18.5. The Morgan fingerprint density at radius 1 is 1.00 bits per heavy atom. The highest BCUT2D eigenvalue weighted by molar-refractivity contribution is 6.31. The van der Waals surface area contributed by atoms with Crippen LogP contribution in [0, 0.1) is 6.92 Å². The second kappa shape index (κ2) is 11.7. The molecule has 2 aromatic rings. The van der Waals surface area contributed by atoms with Crippen LogP contribution in [0.1, 0.15) is 50.3 Å². The number of rotatable bonds is 11. The van der Waals surface area contributed by atoms with E-state index in [0.29, 0.717) is 37.0 Å². The first-order valence-corrected chi connectivity index (χ1v) is 10.8. The lowest BCUT2D eigenvalue weighted by atomic mass is 10.0. The van der Waals surface area contributed by atoms with Gasteiger partial charge >= 0.3 is 0 Å². The highest BCUT2D eigenvalue weighted by atomic mass is 35.5. The quantitative estimate of drug-likeness (QED) is 0.522. The van der Waals surface area contributed by atoms with Crippen molar-refractivity contribution in [2.24, 2.45) is 0 Å². The lowest BCUT2D eigenvalue weighted by Crippen LogP contribution is -2.30. The van der Waals surface area contributed by atoms with Crippen LogP contribution in [0.3, 0.4) is 0 Å². The molecule has 0 aliphatic rings. The summed E-state index contributed by atoms with van der Waals surface area (Å²) in [5.41, 5.74) is 2.99. The maximum atomic E-state index is 12.2. The van der Waals surface area contributed by atoms with Crippen LogP contribution in [-0.2, 0) is 11.2 Å². The van der Waals surface area contributed by atoms with Gasteiger partial charge in [-0.2, -0.15) is 0 Å². The minimum absolute atomic E-state index is 0.0335. The van der Waals surface area contributed by atoms with Gasteiger partial charge in [-0.3, -0.25) is 4.79 Å². The molecule has 0 aliphatic heterocycles. The van der Waals surface area contributed by atoms with E-state index in [1.54, 1.807) is 0 Å². The molecule has 1 amide bonds. The molecule has 0 aliphatic carbocycles. The number of amides is 1. The summed E-state index contributed by atoms with van der Waals surface area (Å²) >= 11 is 6.23. The van der Waals surface area contributed by atoms with Crippen LogP contribution in [0.25, 0.3) is 0 Å². The molecule has 2 rings (SSSR count). The van der Waals surface area contributed by atoms with E-state index in [-0.39, 0.29) is 18.4 Å². The number of hydrogen-bond donors (Lipinski definition) is 1. The number of benzene rings is 2. The van der Waals surface area contributed by atoms with Gasteiger partial charge in [-0.25, -0.2) is 0 Å². The molecule has 0 saturated heterocycles. The maximum Gasteiger partial charge on any atom is 0.257 e. The molecule has 164 valence electrons. The predicted octanol–water partition coefficient (Wildman–Crippen LogP) is 5.31. The number of hydrogen-bond acceptors (Lipinski definition) is 4. The van der Waals surface area contributed by atoms with E-state index in [0.717, 1.165) is 28.2 Å². The van der Waals surface area contributed by atoms with Crippen molar-refractivity contribution in [2.45, 2.75) is 47.0 Å². The van der Waals surface area contributed by atoms with Crippen molar-refractivity contribution in [1.29, 1.82) is 0 Å². The molecular weight excluding hydrogens is 402 g/mol. The lowest BCUT2D eigenvalue weighted by molar-refractivity contribution is -0.123. The Hall–Kier alpha value is -2.40. The first-order valence-electron chi connectivity index (χ1n) is 10.4. The first-order chi connectivity index (χ1) is 14.3. The van der Waals surface area contributed by atoms with Crippen molar-refractivity contribution in [3.05, 3.63) is 52.0 Å². The van der Waals surface area contributed by atoms with Crippen molar-refractivity contribution < 1.29 is 19.0 Å². The fraction of sp³-hybridized carbons (Fsp3) is 0.458. The molecule has 0 atom stereocenters. The fourth-order valence-electron chi connectivity index (χ4n) is 3.04. The van der Waals surface area contributed by atoms with E-state index >= 15 is 0 Å². The number of ether oxygens (including phenoxy) is 3. The van der Waals surface area contributed by atoms with E-state index in [9.17, 15) is 4.79 Å². The largest absolute Gasteiger partial charge is 0.490 e. The normalized spacial score (nSPS) is 10.8. The summed E-state index contributed by atoms with van der Waals surface area (Å²) in [7, 11) is 0. The predicted molar refractivity (Wildman–Crippen MR) is 121 cm³/mol. The molecule has 0 heterocycles. The van der Waals surface area contributed by atoms with Crippen molar-refractivity contribution >= 4 is 17.5 Å². The third-order valence-electron chi connectivity index (χ3n) is 4.62. The van der Waals surface area contributed by atoms with Gasteiger partial charge in [0.2, 0.25) is 0 Å². The molecule has 0 aromatic heterocycles. The van der Waals surface area contributed by atoms with Crippen LogP contribution in [0.4, 0.5) is 0 Å². The molecule has 1 N–H and O–H groups in total. The Labute approximate surface area is 184 Å². The van der Waals surface area contributed by atoms with Crippen LogP contribution in [-0.4, -0.2) is 32.3 Å². The summed E-state index contributed by atoms with van der Waals surface area (Å²) in [4.78, 5) is 12.2. The number of aryl methyl sites for hydroxylation is 1. The number of halogens is 1. The van der Waals surface area contributed by atoms with Crippen LogP contribution in [0.2, 0.25) is 5.02 Å². The SMILES string of the molecule is CCOc1ccc(CCNC(=O)COc2cc(C)c(Cl)cc2C(C)C)cc1OCC. The topological polar surface area (TPSA) is 56.8 Å². The van der Waals surface area contributed by atoms with E-state index < -0.39 is 0 Å². The third kappa shape index (κ3) is 6.84. The van der Waals surface area contributed by atoms with Gasteiger partial charge in [0.15, 0.2) is 18.1 Å². The van der Waals surface area contributed by atoms with Crippen LogP contribution >= 0.6 is 11.6 Å². The smallest absolute Gasteiger partial charge is 0.257 e. The molecule has 30 heavy (non-hydrogen) atoms. The van der Waals surface area contributed by atoms with E-state index in [1.807, 2.05) is 51.1 Å². The highest BCUT2D eigenvalue weighted by Crippen LogP contribution is 2.32. The Kier molecular flexibility index (Phi) is 9.31. The minimum Gasteiger partial charge on any atom is -0.490 e. The molecule has 0 bridgehead atoms. The van der Waals surface area contributed by atoms with Gasteiger partial charge in [-0.1, -0.05) is 31.5 Å². The highest BCUT2D eigenvalue weighted by Gasteiger charge is 2.13. The molecular formula is C24H32ClNO4. The molecule has 5 nitrogen and oxygen atoms in total. The monoisotopic (exact) mass is 433 g/mol. The summed E-state index contributed by atoms with van der Waals surface area (Å²) in [6, 6.07) is 9.66. The van der Waals surface area contributed by atoms with Crippen LogP contribution in [0.15, 0.2) is 30.3 Å². The first kappa shape index (κ1) is 23.9. The Bertz CT molecular complexity index is 851. The summed E-state index contributed by atoms with van der Waals surface area (Å²) in [6.45, 7) is 11.6. The Morgan fingerprint density at radius 3 is 2.37 bits per heavy atom. The number of carbonyl (C=O) groups excluding carboxylic acids is 1. The average Bonchev–Trinajstić information content (AvgIpc) is 2.70. The average molecular weight is 434 g/mol. The molecule has 0 spiro atoms. The Morgan fingerprint density at radius 2 is 1.70 bits per heavy atom. The molecule has 0 radical (unpaired) electrons. The molecule has 0 saturated carbocycles. The summed E-state index contributed by atoms with van der Waals surface area (Å²) in [6.07, 6.45) is 0.690.